The molecule has 0 amide bonds. The van der Waals surface area contributed by atoms with Crippen LogP contribution in [0.2, 0.25) is 10.0 Å². The predicted octanol–water partition coefficient (Wildman–Crippen LogP) is 4.38. The molecule has 92 valence electrons. The molecule has 0 saturated heterocycles. The summed E-state index contributed by atoms with van der Waals surface area (Å²) < 4.78 is 2.66. The van der Waals surface area contributed by atoms with Gasteiger partial charge in [-0.1, -0.05) is 29.3 Å². The van der Waals surface area contributed by atoms with E-state index < -0.39 is 0 Å². The van der Waals surface area contributed by atoms with Crippen molar-refractivity contribution in [2.75, 3.05) is 0 Å². The van der Waals surface area contributed by atoms with Crippen molar-refractivity contribution in [3.63, 3.8) is 0 Å². The van der Waals surface area contributed by atoms with Crippen molar-refractivity contribution in [3.05, 3.63) is 51.1 Å². The summed E-state index contributed by atoms with van der Waals surface area (Å²) in [7, 11) is 0. The first-order valence-corrected chi connectivity index (χ1v) is 6.51. The molecule has 0 aliphatic rings. The number of nitrogens with one attached hydrogen (secondary N) is 2. The summed E-state index contributed by atoms with van der Waals surface area (Å²) in [5, 5.41) is 2.21. The minimum absolute atomic E-state index is 0.561. The lowest BCUT2D eigenvalue weighted by molar-refractivity contribution is 0.813. The maximum absolute atomic E-state index is 6.25. The molecule has 0 bridgehead atoms. The van der Waals surface area contributed by atoms with Crippen molar-refractivity contribution in [2.45, 2.75) is 6.54 Å². The normalized spacial score (nSPS) is 11.2. The molecular weight excluding hydrogens is 289 g/mol. The van der Waals surface area contributed by atoms with Crippen LogP contribution in [0.5, 0.6) is 0 Å². The molecule has 2 heterocycles. The number of hydrogen-bond donors (Lipinski definition) is 2. The first kappa shape index (κ1) is 11.8. The van der Waals surface area contributed by atoms with E-state index in [0.29, 0.717) is 21.4 Å². The number of rotatable bonds is 2. The highest BCUT2D eigenvalue weighted by molar-refractivity contribution is 7.71. The first-order valence-electron chi connectivity index (χ1n) is 5.34. The van der Waals surface area contributed by atoms with E-state index in [-0.39, 0.29) is 0 Å². The fourth-order valence-electron chi connectivity index (χ4n) is 2.00. The molecule has 18 heavy (non-hydrogen) atoms. The van der Waals surface area contributed by atoms with Gasteiger partial charge in [-0.25, -0.2) is 0 Å². The van der Waals surface area contributed by atoms with E-state index >= 15 is 0 Å². The summed E-state index contributed by atoms with van der Waals surface area (Å²) in [4.78, 5) is 6.02. The second kappa shape index (κ2) is 4.46. The van der Waals surface area contributed by atoms with Gasteiger partial charge in [0.2, 0.25) is 0 Å². The number of fused-ring (bicyclic) bond motifs is 1. The Hall–Kier alpha value is -1.23. The lowest BCUT2D eigenvalue weighted by atomic mass is 10.2. The minimum Gasteiger partial charge on any atom is -0.340 e. The Bertz CT molecular complexity index is 769. The fraction of sp³-hybridized carbons (Fsp3) is 0.0833. The summed E-state index contributed by atoms with van der Waals surface area (Å²) in [6, 6.07) is 5.78. The number of aromatic amines is 2. The Morgan fingerprint density at radius 1 is 1.22 bits per heavy atom. The molecule has 0 atom stereocenters. The fourth-order valence-corrected chi connectivity index (χ4v) is 2.62. The van der Waals surface area contributed by atoms with Gasteiger partial charge in [-0.2, -0.15) is 0 Å². The van der Waals surface area contributed by atoms with E-state index in [4.69, 9.17) is 35.4 Å². The summed E-state index contributed by atoms with van der Waals surface area (Å²) >= 11 is 17.3. The van der Waals surface area contributed by atoms with E-state index in [2.05, 4.69) is 9.97 Å². The molecule has 3 nitrogen and oxygen atoms in total. The van der Waals surface area contributed by atoms with Crippen molar-refractivity contribution >= 4 is 46.3 Å². The van der Waals surface area contributed by atoms with Crippen molar-refractivity contribution in [1.82, 2.24) is 14.5 Å². The lowest BCUT2D eigenvalue weighted by Gasteiger charge is -2.06. The molecule has 3 aromatic rings. The number of benzene rings is 1. The van der Waals surface area contributed by atoms with Crippen LogP contribution in [0.3, 0.4) is 0 Å². The second-order valence-corrected chi connectivity index (χ2v) is 5.20. The molecule has 0 aliphatic heterocycles. The maximum atomic E-state index is 6.25. The topological polar surface area (TPSA) is 36.5 Å². The number of imidazole rings is 1. The Morgan fingerprint density at radius 2 is 2.06 bits per heavy atom. The molecule has 0 aliphatic carbocycles. The summed E-state index contributed by atoms with van der Waals surface area (Å²) in [6.45, 7) is 0.663. The molecule has 0 radical (unpaired) electrons. The zero-order valence-electron chi connectivity index (χ0n) is 9.21. The van der Waals surface area contributed by atoms with Gasteiger partial charge < -0.3 is 14.5 Å². The molecule has 0 saturated carbocycles. The Morgan fingerprint density at radius 3 is 2.78 bits per heavy atom. The van der Waals surface area contributed by atoms with Gasteiger partial charge in [-0.15, -0.1) is 0 Å². The molecule has 2 N–H and O–H groups in total. The van der Waals surface area contributed by atoms with E-state index in [9.17, 15) is 0 Å². The highest BCUT2D eigenvalue weighted by atomic mass is 35.5. The molecule has 0 spiro atoms. The Balaban J connectivity index is 2.12. The predicted molar refractivity (Wildman–Crippen MR) is 77.0 cm³/mol. The first-order chi connectivity index (χ1) is 8.65. The minimum atomic E-state index is 0.561. The van der Waals surface area contributed by atoms with Gasteiger partial charge >= 0.3 is 0 Å². The lowest BCUT2D eigenvalue weighted by Crippen LogP contribution is -1.98. The van der Waals surface area contributed by atoms with Gasteiger partial charge in [0.15, 0.2) is 4.77 Å². The largest absolute Gasteiger partial charge is 0.340 e. The summed E-state index contributed by atoms with van der Waals surface area (Å²) in [6.07, 6.45) is 3.84. The smallest absolute Gasteiger partial charge is 0.174 e. The average Bonchev–Trinajstić information content (AvgIpc) is 2.92. The second-order valence-electron chi connectivity index (χ2n) is 4.01. The molecule has 6 heteroatoms. The summed E-state index contributed by atoms with van der Waals surface area (Å²) in [5.74, 6) is 0. The van der Waals surface area contributed by atoms with E-state index in [1.54, 1.807) is 6.07 Å². The van der Waals surface area contributed by atoms with Gasteiger partial charge in [-0.3, -0.25) is 0 Å². The molecule has 1 aromatic carbocycles. The van der Waals surface area contributed by atoms with Crippen LogP contribution in [0.4, 0.5) is 0 Å². The molecule has 3 rings (SSSR count). The zero-order valence-corrected chi connectivity index (χ0v) is 11.5. The number of halogens is 2. The average molecular weight is 298 g/mol. The van der Waals surface area contributed by atoms with Crippen LogP contribution < -0.4 is 0 Å². The van der Waals surface area contributed by atoms with Gasteiger partial charge in [0, 0.05) is 17.8 Å². The van der Waals surface area contributed by atoms with Crippen LogP contribution in [-0.4, -0.2) is 14.5 Å². The zero-order chi connectivity index (χ0) is 12.7. The van der Waals surface area contributed by atoms with Crippen LogP contribution in [0.1, 0.15) is 5.69 Å². The number of H-pyrrole nitrogens is 2. The SMILES string of the molecule is S=c1[nH]cc(Cn2ccc3ccc(Cl)c(Cl)c32)[nH]1. The van der Waals surface area contributed by atoms with E-state index in [0.717, 1.165) is 16.6 Å². The highest BCUT2D eigenvalue weighted by Gasteiger charge is 2.09. The van der Waals surface area contributed by atoms with Crippen LogP contribution >= 0.6 is 35.4 Å². The molecular formula is C12H9Cl2N3S. The monoisotopic (exact) mass is 297 g/mol. The van der Waals surface area contributed by atoms with Gasteiger partial charge in [0.25, 0.3) is 0 Å². The van der Waals surface area contributed by atoms with Crippen molar-refractivity contribution in [2.24, 2.45) is 0 Å². The maximum Gasteiger partial charge on any atom is 0.174 e. The van der Waals surface area contributed by atoms with Crippen LogP contribution in [0.25, 0.3) is 10.9 Å². The van der Waals surface area contributed by atoms with Crippen molar-refractivity contribution in [3.8, 4) is 0 Å². The van der Waals surface area contributed by atoms with Crippen LogP contribution in [0.15, 0.2) is 30.6 Å². The third-order valence-electron chi connectivity index (χ3n) is 2.81. The summed E-state index contributed by atoms with van der Waals surface area (Å²) in [5.41, 5.74) is 1.93. The van der Waals surface area contributed by atoms with Crippen LogP contribution in [0, 0.1) is 4.77 Å². The van der Waals surface area contributed by atoms with E-state index in [1.165, 1.54) is 0 Å². The van der Waals surface area contributed by atoms with Gasteiger partial charge in [0.05, 0.1) is 27.8 Å². The Labute approximate surface area is 118 Å². The standard InChI is InChI=1S/C12H9Cl2N3S/c13-9-2-1-7-3-4-17(11(7)10(9)14)6-8-5-15-12(18)16-8/h1-5H,6H2,(H2,15,16,18). The third kappa shape index (κ3) is 1.96. The van der Waals surface area contributed by atoms with Crippen LogP contribution in [-0.2, 0) is 6.54 Å². The van der Waals surface area contributed by atoms with Gasteiger partial charge in [-0.05, 0) is 24.4 Å². The Kier molecular flexibility index (Phi) is 2.93. The third-order valence-corrected chi connectivity index (χ3v) is 3.83. The highest BCUT2D eigenvalue weighted by Crippen LogP contribution is 2.31. The van der Waals surface area contributed by atoms with Crippen molar-refractivity contribution < 1.29 is 0 Å². The van der Waals surface area contributed by atoms with E-state index in [1.807, 2.05) is 29.1 Å². The van der Waals surface area contributed by atoms with Crippen molar-refractivity contribution in [1.29, 1.82) is 0 Å². The number of aromatic nitrogens is 3. The number of nitrogens with zero attached hydrogens (tertiary/aromatic N) is 1. The molecule has 0 unspecified atom stereocenters. The number of hydrogen-bond acceptors (Lipinski definition) is 1. The molecule has 2 aromatic heterocycles. The molecule has 0 fully saturated rings. The van der Waals surface area contributed by atoms with Gasteiger partial charge in [0.1, 0.15) is 0 Å². The quantitative estimate of drug-likeness (QED) is 0.677.